The number of aliphatic carboxylic acids is 1. The summed E-state index contributed by atoms with van der Waals surface area (Å²) in [5.74, 6) is -0.657. The summed E-state index contributed by atoms with van der Waals surface area (Å²) in [6.07, 6.45) is 6.61. The van der Waals surface area contributed by atoms with E-state index in [-0.39, 0.29) is 11.8 Å². The second kappa shape index (κ2) is 4.85. The average molecular weight is 225 g/mol. The van der Waals surface area contributed by atoms with Crippen molar-refractivity contribution in [3.8, 4) is 0 Å². The fourth-order valence-electron chi connectivity index (χ4n) is 2.86. The Hall–Kier alpha value is -1.06. The molecule has 1 saturated heterocycles. The largest absolute Gasteiger partial charge is 0.480 e. The summed E-state index contributed by atoms with van der Waals surface area (Å²) < 4.78 is 0. The fraction of sp³-hybridized carbons (Fsp3) is 0.833. The Kier molecular flexibility index (Phi) is 3.46. The summed E-state index contributed by atoms with van der Waals surface area (Å²) in [6, 6.07) is -0.568. The third-order valence-electron chi connectivity index (χ3n) is 3.78. The molecule has 1 N–H and O–H groups in total. The van der Waals surface area contributed by atoms with Crippen LogP contribution in [0.1, 0.15) is 44.9 Å². The molecule has 1 unspecified atom stereocenters. The van der Waals surface area contributed by atoms with E-state index in [2.05, 4.69) is 0 Å². The molecule has 2 fully saturated rings. The summed E-state index contributed by atoms with van der Waals surface area (Å²) >= 11 is 0. The molecule has 1 saturated carbocycles. The van der Waals surface area contributed by atoms with Gasteiger partial charge in [-0.05, 0) is 32.1 Å². The van der Waals surface area contributed by atoms with E-state index in [0.29, 0.717) is 13.0 Å². The summed E-state index contributed by atoms with van der Waals surface area (Å²) in [5, 5.41) is 9.11. The van der Waals surface area contributed by atoms with E-state index in [1.807, 2.05) is 0 Å². The van der Waals surface area contributed by atoms with Gasteiger partial charge in [-0.25, -0.2) is 4.79 Å². The molecular weight excluding hydrogens is 206 g/mol. The maximum atomic E-state index is 12.2. The number of amides is 1. The van der Waals surface area contributed by atoms with Crippen molar-refractivity contribution in [3.63, 3.8) is 0 Å². The third kappa shape index (κ3) is 2.20. The molecule has 0 aromatic rings. The number of rotatable bonds is 2. The molecule has 2 rings (SSSR count). The van der Waals surface area contributed by atoms with E-state index in [9.17, 15) is 9.59 Å². The molecular formula is C12H19NO3. The quantitative estimate of drug-likeness (QED) is 0.777. The van der Waals surface area contributed by atoms with Crippen LogP contribution in [0.25, 0.3) is 0 Å². The van der Waals surface area contributed by atoms with E-state index >= 15 is 0 Å². The number of likely N-dealkylation sites (tertiary alicyclic amines) is 1. The molecule has 4 heteroatoms. The van der Waals surface area contributed by atoms with Crippen LogP contribution in [0.3, 0.4) is 0 Å². The number of carboxylic acids is 1. The van der Waals surface area contributed by atoms with Gasteiger partial charge in [-0.1, -0.05) is 12.8 Å². The Balaban J connectivity index is 2.04. The van der Waals surface area contributed by atoms with Gasteiger partial charge in [0.1, 0.15) is 6.04 Å². The highest BCUT2D eigenvalue weighted by molar-refractivity contribution is 5.85. The third-order valence-corrected chi connectivity index (χ3v) is 3.78. The molecule has 16 heavy (non-hydrogen) atoms. The summed E-state index contributed by atoms with van der Waals surface area (Å²) in [5.41, 5.74) is 0. The van der Waals surface area contributed by atoms with Crippen LogP contribution in [-0.4, -0.2) is 34.5 Å². The molecule has 90 valence electrons. The van der Waals surface area contributed by atoms with Gasteiger partial charge in [-0.2, -0.15) is 0 Å². The average Bonchev–Trinajstić information content (AvgIpc) is 2.81. The minimum atomic E-state index is -0.842. The minimum Gasteiger partial charge on any atom is -0.480 e. The lowest BCUT2D eigenvalue weighted by Crippen LogP contribution is -2.49. The van der Waals surface area contributed by atoms with Crippen LogP contribution in [0, 0.1) is 5.92 Å². The Morgan fingerprint density at radius 1 is 1.00 bits per heavy atom. The zero-order valence-corrected chi connectivity index (χ0v) is 9.52. The first-order chi connectivity index (χ1) is 7.70. The van der Waals surface area contributed by atoms with Crippen LogP contribution in [0.15, 0.2) is 0 Å². The van der Waals surface area contributed by atoms with Gasteiger partial charge in [0.15, 0.2) is 0 Å². The van der Waals surface area contributed by atoms with Gasteiger partial charge in [0.25, 0.3) is 0 Å². The van der Waals surface area contributed by atoms with E-state index in [0.717, 1.165) is 38.5 Å². The molecule has 0 radical (unpaired) electrons. The number of hydrogen-bond acceptors (Lipinski definition) is 2. The highest BCUT2D eigenvalue weighted by atomic mass is 16.4. The van der Waals surface area contributed by atoms with Gasteiger partial charge in [0.05, 0.1) is 0 Å². The first-order valence-corrected chi connectivity index (χ1v) is 6.23. The normalized spacial score (nSPS) is 27.0. The second-order valence-electron chi connectivity index (χ2n) is 4.86. The Bertz CT molecular complexity index is 284. The predicted molar refractivity (Wildman–Crippen MR) is 58.9 cm³/mol. The maximum Gasteiger partial charge on any atom is 0.326 e. The lowest BCUT2D eigenvalue weighted by Gasteiger charge is -2.34. The number of piperidine rings is 1. The van der Waals surface area contributed by atoms with E-state index < -0.39 is 12.0 Å². The van der Waals surface area contributed by atoms with Crippen LogP contribution >= 0.6 is 0 Å². The monoisotopic (exact) mass is 225 g/mol. The summed E-state index contributed by atoms with van der Waals surface area (Å²) in [4.78, 5) is 24.9. The lowest BCUT2D eigenvalue weighted by atomic mass is 9.98. The summed E-state index contributed by atoms with van der Waals surface area (Å²) in [6.45, 7) is 0.631. The highest BCUT2D eigenvalue weighted by Gasteiger charge is 2.35. The van der Waals surface area contributed by atoms with Crippen molar-refractivity contribution in [3.05, 3.63) is 0 Å². The Morgan fingerprint density at radius 2 is 1.62 bits per heavy atom. The van der Waals surface area contributed by atoms with Crippen molar-refractivity contribution in [1.82, 2.24) is 4.90 Å². The number of hydrogen-bond donors (Lipinski definition) is 1. The molecule has 1 atom stereocenters. The van der Waals surface area contributed by atoms with Gasteiger partial charge >= 0.3 is 5.97 Å². The molecule has 1 aliphatic carbocycles. The smallest absolute Gasteiger partial charge is 0.326 e. The van der Waals surface area contributed by atoms with Gasteiger partial charge in [-0.3, -0.25) is 4.79 Å². The van der Waals surface area contributed by atoms with Crippen molar-refractivity contribution in [2.24, 2.45) is 5.92 Å². The molecule has 2 aliphatic rings. The van der Waals surface area contributed by atoms with Crippen LogP contribution in [0.5, 0.6) is 0 Å². The first-order valence-electron chi connectivity index (χ1n) is 6.23. The molecule has 0 bridgehead atoms. The van der Waals surface area contributed by atoms with Gasteiger partial charge in [0.2, 0.25) is 5.91 Å². The van der Waals surface area contributed by atoms with Gasteiger partial charge < -0.3 is 10.0 Å². The van der Waals surface area contributed by atoms with Crippen LogP contribution in [0.2, 0.25) is 0 Å². The standard InChI is InChI=1S/C12H19NO3/c14-11(9-5-1-2-6-9)13-8-4-3-7-10(13)12(15)16/h9-10H,1-8H2,(H,15,16). The SMILES string of the molecule is O=C(O)C1CCCCN1C(=O)C1CCCC1. The molecule has 0 spiro atoms. The Morgan fingerprint density at radius 3 is 2.25 bits per heavy atom. The number of nitrogens with zero attached hydrogens (tertiary/aromatic N) is 1. The fourth-order valence-corrected chi connectivity index (χ4v) is 2.86. The maximum absolute atomic E-state index is 12.2. The first kappa shape index (κ1) is 11.4. The van der Waals surface area contributed by atoms with Gasteiger partial charge in [0, 0.05) is 12.5 Å². The van der Waals surface area contributed by atoms with Crippen molar-refractivity contribution in [2.75, 3.05) is 6.54 Å². The lowest BCUT2D eigenvalue weighted by molar-refractivity contribution is -0.153. The van der Waals surface area contributed by atoms with Crippen molar-refractivity contribution < 1.29 is 14.7 Å². The molecule has 0 aromatic carbocycles. The molecule has 1 aliphatic heterocycles. The summed E-state index contributed by atoms with van der Waals surface area (Å²) in [7, 11) is 0. The second-order valence-corrected chi connectivity index (χ2v) is 4.86. The van der Waals surface area contributed by atoms with Crippen molar-refractivity contribution in [1.29, 1.82) is 0 Å². The number of carboxylic acid groups (broad SMARTS) is 1. The van der Waals surface area contributed by atoms with E-state index in [4.69, 9.17) is 5.11 Å². The molecule has 0 aromatic heterocycles. The minimum absolute atomic E-state index is 0.0876. The Labute approximate surface area is 95.6 Å². The highest BCUT2D eigenvalue weighted by Crippen LogP contribution is 2.29. The topological polar surface area (TPSA) is 57.6 Å². The zero-order valence-electron chi connectivity index (χ0n) is 9.52. The van der Waals surface area contributed by atoms with Gasteiger partial charge in [-0.15, -0.1) is 0 Å². The van der Waals surface area contributed by atoms with Crippen molar-refractivity contribution in [2.45, 2.75) is 51.0 Å². The predicted octanol–water partition coefficient (Wildman–Crippen LogP) is 1.64. The zero-order chi connectivity index (χ0) is 11.5. The molecule has 4 nitrogen and oxygen atoms in total. The van der Waals surface area contributed by atoms with E-state index in [1.54, 1.807) is 4.90 Å². The van der Waals surface area contributed by atoms with Crippen LogP contribution in [0.4, 0.5) is 0 Å². The van der Waals surface area contributed by atoms with Crippen LogP contribution in [-0.2, 0) is 9.59 Å². The van der Waals surface area contributed by atoms with Crippen LogP contribution < -0.4 is 0 Å². The molecule has 1 amide bonds. The number of carbonyl (C=O) groups is 2. The van der Waals surface area contributed by atoms with Crippen molar-refractivity contribution >= 4 is 11.9 Å². The number of carbonyl (C=O) groups excluding carboxylic acids is 1. The van der Waals surface area contributed by atoms with E-state index in [1.165, 1.54) is 0 Å². The molecule has 1 heterocycles.